The van der Waals surface area contributed by atoms with Gasteiger partial charge < -0.3 is 10.4 Å². The van der Waals surface area contributed by atoms with E-state index in [1.165, 1.54) is 6.08 Å². The van der Waals surface area contributed by atoms with Crippen LogP contribution in [0.1, 0.15) is 13.3 Å². The fourth-order valence-electron chi connectivity index (χ4n) is 1.74. The van der Waals surface area contributed by atoms with E-state index in [-0.39, 0.29) is 11.8 Å². The molecule has 0 fully saturated rings. The molecule has 0 aliphatic carbocycles. The quantitative estimate of drug-likeness (QED) is 0.720. The number of carbonyl (C=O) groups excluding carboxylic acids is 1. The fraction of sp³-hybridized carbons (Fsp3) is 0.250. The molecule has 0 unspecified atom stereocenters. The number of amides is 1. The van der Waals surface area contributed by atoms with Gasteiger partial charge in [-0.1, -0.05) is 85.9 Å². The zero-order valence-electron chi connectivity index (χ0n) is 13.5. The average Bonchev–Trinajstić information content (AvgIpc) is 2.53. The van der Waals surface area contributed by atoms with Crippen LogP contribution in [0.2, 0.25) is 0 Å². The van der Waals surface area contributed by atoms with Crippen LogP contribution in [0.15, 0.2) is 85.1 Å². The van der Waals surface area contributed by atoms with Gasteiger partial charge in [0.25, 0.3) is 0 Å². The Labute approximate surface area is 138 Å². The van der Waals surface area contributed by atoms with Crippen molar-refractivity contribution in [1.29, 1.82) is 0 Å². The molecule has 0 bridgehead atoms. The molecular weight excluding hydrogens is 286 g/mol. The molecule has 1 aliphatic heterocycles. The molecule has 2 N–H and O–H groups in total. The number of aliphatic hydroxyl groups excluding tert-OH is 1. The van der Waals surface area contributed by atoms with Gasteiger partial charge in [0.15, 0.2) is 0 Å². The topological polar surface area (TPSA) is 49.3 Å². The van der Waals surface area contributed by atoms with Gasteiger partial charge >= 0.3 is 0 Å². The van der Waals surface area contributed by atoms with Crippen LogP contribution in [0.25, 0.3) is 0 Å². The molecule has 0 aromatic heterocycles. The zero-order chi connectivity index (χ0) is 16.8. The summed E-state index contributed by atoms with van der Waals surface area (Å²) in [6.45, 7) is 2.65. The highest BCUT2D eigenvalue weighted by atomic mass is 16.3. The smallest absolute Gasteiger partial charge is 0.243 e. The standard InChI is InChI=1S/C20H25NO2/c1-18-13-9-5-2-3-6-10-14-19(22)15-11-7-4-8-12-16-20(23)21-17-18/h2-14,16,18-19,22H,15,17H2,1H3,(H,21,23)/b5-2-,6-3-,8-4-,11-7-,13-9-,14-10-,16-12-/t18-,19-/m0/s1. The number of nitrogens with one attached hydrogen (secondary N) is 1. The largest absolute Gasteiger partial charge is 0.389 e. The zero-order valence-corrected chi connectivity index (χ0v) is 13.5. The van der Waals surface area contributed by atoms with Crippen LogP contribution in [-0.4, -0.2) is 23.7 Å². The molecule has 0 saturated carbocycles. The molecule has 3 heteroatoms. The number of rotatable bonds is 0. The maximum Gasteiger partial charge on any atom is 0.243 e. The lowest BCUT2D eigenvalue weighted by molar-refractivity contribution is -0.116. The van der Waals surface area contributed by atoms with Crippen molar-refractivity contribution in [2.45, 2.75) is 19.4 Å². The molecule has 0 spiro atoms. The second kappa shape index (κ2) is 12.2. The summed E-state index contributed by atoms with van der Waals surface area (Å²) in [5.41, 5.74) is 0. The van der Waals surface area contributed by atoms with Gasteiger partial charge in [0.1, 0.15) is 0 Å². The predicted octanol–water partition coefficient (Wildman–Crippen LogP) is 3.40. The van der Waals surface area contributed by atoms with Crippen molar-refractivity contribution < 1.29 is 9.90 Å². The fourth-order valence-corrected chi connectivity index (χ4v) is 1.74. The molecule has 0 saturated heterocycles. The molecule has 0 aromatic carbocycles. The summed E-state index contributed by atoms with van der Waals surface area (Å²) in [5, 5.41) is 12.6. The molecule has 23 heavy (non-hydrogen) atoms. The third kappa shape index (κ3) is 10.9. The van der Waals surface area contributed by atoms with E-state index in [1.807, 2.05) is 67.7 Å². The SMILES string of the molecule is C[C@H]1\C=C/C=C\C=C/C=C\[C@H](O)C\C=C/C=C\C=C/C(=O)NC1. The van der Waals surface area contributed by atoms with Gasteiger partial charge in [-0.05, 0) is 12.3 Å². The first-order valence-corrected chi connectivity index (χ1v) is 7.82. The Morgan fingerprint density at radius 2 is 1.52 bits per heavy atom. The van der Waals surface area contributed by atoms with Crippen molar-refractivity contribution >= 4 is 5.91 Å². The minimum Gasteiger partial charge on any atom is -0.389 e. The van der Waals surface area contributed by atoms with Crippen molar-refractivity contribution in [3.05, 3.63) is 85.1 Å². The van der Waals surface area contributed by atoms with Crippen LogP contribution in [0.5, 0.6) is 0 Å². The monoisotopic (exact) mass is 311 g/mol. The maximum atomic E-state index is 11.6. The third-order valence-corrected chi connectivity index (χ3v) is 3.02. The summed E-state index contributed by atoms with van der Waals surface area (Å²) in [5.74, 6) is 0.160. The van der Waals surface area contributed by atoms with Crippen molar-refractivity contribution in [1.82, 2.24) is 5.32 Å². The normalized spacial score (nSPS) is 33.6. The van der Waals surface area contributed by atoms with Crippen LogP contribution in [-0.2, 0) is 4.79 Å². The second-order valence-corrected chi connectivity index (χ2v) is 5.24. The Morgan fingerprint density at radius 3 is 2.30 bits per heavy atom. The summed E-state index contributed by atoms with van der Waals surface area (Å²) in [6, 6.07) is 0. The summed E-state index contributed by atoms with van der Waals surface area (Å²) in [6.07, 6.45) is 25.8. The molecule has 3 nitrogen and oxygen atoms in total. The number of carbonyl (C=O) groups is 1. The maximum absolute atomic E-state index is 11.6. The van der Waals surface area contributed by atoms with Crippen LogP contribution >= 0.6 is 0 Å². The molecule has 0 aromatic rings. The van der Waals surface area contributed by atoms with E-state index in [2.05, 4.69) is 5.32 Å². The van der Waals surface area contributed by atoms with Gasteiger partial charge in [-0.3, -0.25) is 4.79 Å². The van der Waals surface area contributed by atoms with E-state index in [1.54, 1.807) is 18.2 Å². The van der Waals surface area contributed by atoms with Crippen molar-refractivity contribution in [2.75, 3.05) is 6.54 Å². The molecule has 2 atom stereocenters. The lowest BCUT2D eigenvalue weighted by atomic mass is 10.1. The molecule has 122 valence electrons. The van der Waals surface area contributed by atoms with Gasteiger partial charge in [0, 0.05) is 12.6 Å². The Morgan fingerprint density at radius 1 is 0.913 bits per heavy atom. The molecule has 1 amide bonds. The lowest BCUT2D eigenvalue weighted by Gasteiger charge is -2.05. The van der Waals surface area contributed by atoms with Gasteiger partial charge in [-0.2, -0.15) is 0 Å². The van der Waals surface area contributed by atoms with E-state index >= 15 is 0 Å². The molecule has 1 rings (SSSR count). The number of hydrogen-bond acceptors (Lipinski definition) is 2. The second-order valence-electron chi connectivity index (χ2n) is 5.24. The number of aliphatic hydroxyl groups is 1. The summed E-state index contributed by atoms with van der Waals surface area (Å²) in [4.78, 5) is 11.6. The van der Waals surface area contributed by atoms with Crippen LogP contribution in [0.3, 0.4) is 0 Å². The first-order valence-electron chi connectivity index (χ1n) is 7.82. The first kappa shape index (κ1) is 18.7. The summed E-state index contributed by atoms with van der Waals surface area (Å²) >= 11 is 0. The highest BCUT2D eigenvalue weighted by Gasteiger charge is 1.98. The molecular formula is C20H25NO2. The Hall–Kier alpha value is -2.39. The van der Waals surface area contributed by atoms with Crippen LogP contribution < -0.4 is 5.32 Å². The number of hydrogen-bond donors (Lipinski definition) is 2. The first-order chi connectivity index (χ1) is 11.2. The number of allylic oxidation sites excluding steroid dienone is 10. The van der Waals surface area contributed by atoms with Gasteiger partial charge in [0.05, 0.1) is 6.10 Å². The Bertz CT molecular complexity index is 548. The van der Waals surface area contributed by atoms with Gasteiger partial charge in [-0.15, -0.1) is 0 Å². The van der Waals surface area contributed by atoms with Gasteiger partial charge in [-0.25, -0.2) is 0 Å². The van der Waals surface area contributed by atoms with Crippen molar-refractivity contribution in [3.63, 3.8) is 0 Å². The Balaban J connectivity index is 2.70. The molecule has 0 radical (unpaired) electrons. The molecule has 1 heterocycles. The summed E-state index contributed by atoms with van der Waals surface area (Å²) < 4.78 is 0. The van der Waals surface area contributed by atoms with E-state index in [4.69, 9.17) is 0 Å². The van der Waals surface area contributed by atoms with Crippen molar-refractivity contribution in [2.24, 2.45) is 5.92 Å². The van der Waals surface area contributed by atoms with E-state index in [9.17, 15) is 9.90 Å². The predicted molar refractivity (Wildman–Crippen MR) is 96.8 cm³/mol. The van der Waals surface area contributed by atoms with Gasteiger partial charge in [0.2, 0.25) is 5.91 Å². The average molecular weight is 311 g/mol. The molecule has 1 aliphatic rings. The van der Waals surface area contributed by atoms with Crippen LogP contribution in [0.4, 0.5) is 0 Å². The van der Waals surface area contributed by atoms with E-state index < -0.39 is 6.10 Å². The highest BCUT2D eigenvalue weighted by molar-refractivity contribution is 5.87. The lowest BCUT2D eigenvalue weighted by Crippen LogP contribution is -2.25. The van der Waals surface area contributed by atoms with Crippen molar-refractivity contribution in [3.8, 4) is 0 Å². The Kier molecular flexibility index (Phi) is 9.88. The van der Waals surface area contributed by atoms with Crippen LogP contribution in [0, 0.1) is 5.92 Å². The minimum absolute atomic E-state index is 0.104. The third-order valence-electron chi connectivity index (χ3n) is 3.02. The summed E-state index contributed by atoms with van der Waals surface area (Å²) in [7, 11) is 0. The van der Waals surface area contributed by atoms with E-state index in [0.29, 0.717) is 13.0 Å². The minimum atomic E-state index is -0.499. The highest BCUT2D eigenvalue weighted by Crippen LogP contribution is 1.98. The van der Waals surface area contributed by atoms with E-state index in [0.717, 1.165) is 0 Å².